The van der Waals surface area contributed by atoms with Crippen LogP contribution in [-0.2, 0) is 7.05 Å². The zero-order chi connectivity index (χ0) is 21.8. The Morgan fingerprint density at radius 1 is 1.23 bits per heavy atom. The molecule has 8 heteroatoms. The quantitative estimate of drug-likeness (QED) is 0.589. The number of hydrogen-bond donors (Lipinski definition) is 2. The van der Waals surface area contributed by atoms with Gasteiger partial charge in [0.1, 0.15) is 28.7 Å². The molecule has 0 saturated carbocycles. The normalized spacial score (nSPS) is 11.9. The highest BCUT2D eigenvalue weighted by atomic mass is 16.5. The molecular formula is C22H27N3O5. The highest BCUT2D eigenvalue weighted by Crippen LogP contribution is 2.33. The molecule has 2 N–H and O–H groups in total. The van der Waals surface area contributed by atoms with Crippen LogP contribution in [0, 0.1) is 13.8 Å². The Labute approximate surface area is 175 Å². The Hall–Kier alpha value is -3.26. The van der Waals surface area contributed by atoms with Crippen LogP contribution in [-0.4, -0.2) is 41.6 Å². The first-order valence-electron chi connectivity index (χ1n) is 9.63. The van der Waals surface area contributed by atoms with Crippen molar-refractivity contribution in [3.63, 3.8) is 0 Å². The molecular weight excluding hydrogens is 386 g/mol. The topological polar surface area (TPSA) is 98.8 Å². The Bertz CT molecular complexity index is 1040. The summed E-state index contributed by atoms with van der Waals surface area (Å²) in [5, 5.41) is 17.6. The molecule has 30 heavy (non-hydrogen) atoms. The largest absolute Gasteiger partial charge is 0.497 e. The molecule has 0 aliphatic heterocycles. The van der Waals surface area contributed by atoms with E-state index in [1.165, 1.54) is 4.68 Å². The number of methoxy groups -OCH3 is 2. The van der Waals surface area contributed by atoms with Gasteiger partial charge in [-0.05, 0) is 50.6 Å². The van der Waals surface area contributed by atoms with Crippen LogP contribution >= 0.6 is 0 Å². The van der Waals surface area contributed by atoms with E-state index in [9.17, 15) is 9.90 Å². The summed E-state index contributed by atoms with van der Waals surface area (Å²) in [7, 11) is 4.87. The van der Waals surface area contributed by atoms with Gasteiger partial charge >= 0.3 is 0 Å². The fourth-order valence-electron chi connectivity index (χ4n) is 3.38. The maximum Gasteiger partial charge on any atom is 0.269 e. The first kappa shape index (κ1) is 21.4. The average molecular weight is 413 g/mol. The number of carbonyl (C=O) groups excluding carboxylic acids is 1. The minimum absolute atomic E-state index is 0.273. The molecule has 1 amide bonds. The highest BCUT2D eigenvalue weighted by molar-refractivity contribution is 5.93. The van der Waals surface area contributed by atoms with Gasteiger partial charge in [0, 0.05) is 24.7 Å². The second kappa shape index (κ2) is 9.04. The van der Waals surface area contributed by atoms with Gasteiger partial charge in [0.15, 0.2) is 0 Å². The van der Waals surface area contributed by atoms with Crippen molar-refractivity contribution >= 4 is 5.91 Å². The fraction of sp³-hybridized carbons (Fsp3) is 0.364. The van der Waals surface area contributed by atoms with E-state index in [4.69, 9.17) is 13.9 Å². The van der Waals surface area contributed by atoms with Gasteiger partial charge in [-0.1, -0.05) is 0 Å². The second-order valence-corrected chi connectivity index (χ2v) is 7.03. The van der Waals surface area contributed by atoms with Gasteiger partial charge in [-0.15, -0.1) is 0 Å². The summed E-state index contributed by atoms with van der Waals surface area (Å²) in [5.74, 6) is 2.47. The number of benzene rings is 1. The van der Waals surface area contributed by atoms with E-state index in [-0.39, 0.29) is 5.91 Å². The predicted octanol–water partition coefficient (Wildman–Crippen LogP) is 3.17. The third-order valence-electron chi connectivity index (χ3n) is 4.94. The summed E-state index contributed by atoms with van der Waals surface area (Å²) in [4.78, 5) is 12.6. The maximum absolute atomic E-state index is 12.6. The van der Waals surface area contributed by atoms with E-state index in [1.807, 2.05) is 26.0 Å². The van der Waals surface area contributed by atoms with Gasteiger partial charge in [-0.2, -0.15) is 5.10 Å². The van der Waals surface area contributed by atoms with E-state index in [0.717, 1.165) is 16.9 Å². The monoisotopic (exact) mass is 413 g/mol. The molecule has 8 nitrogen and oxygen atoms in total. The number of aliphatic hydroxyl groups excluding tert-OH is 1. The van der Waals surface area contributed by atoms with Crippen LogP contribution in [0.25, 0.3) is 11.3 Å². The van der Waals surface area contributed by atoms with Crippen molar-refractivity contribution < 1.29 is 23.8 Å². The minimum Gasteiger partial charge on any atom is -0.497 e. The predicted molar refractivity (Wildman–Crippen MR) is 112 cm³/mol. The lowest BCUT2D eigenvalue weighted by molar-refractivity contribution is 0.0933. The Kier molecular flexibility index (Phi) is 6.47. The number of nitrogens with zero attached hydrogens (tertiary/aromatic N) is 2. The minimum atomic E-state index is -0.703. The highest BCUT2D eigenvalue weighted by Gasteiger charge is 2.19. The third kappa shape index (κ3) is 4.49. The van der Waals surface area contributed by atoms with Crippen molar-refractivity contribution in [3.8, 4) is 22.8 Å². The van der Waals surface area contributed by atoms with Crippen LogP contribution in [0.3, 0.4) is 0 Å². The van der Waals surface area contributed by atoms with Gasteiger partial charge < -0.3 is 24.3 Å². The molecule has 1 aromatic carbocycles. The van der Waals surface area contributed by atoms with Crippen molar-refractivity contribution in [1.29, 1.82) is 0 Å². The maximum atomic E-state index is 12.6. The number of ether oxygens (including phenoxy) is 2. The van der Waals surface area contributed by atoms with E-state index in [1.54, 1.807) is 39.5 Å². The molecule has 0 aliphatic carbocycles. The average Bonchev–Trinajstić information content (AvgIpc) is 3.28. The molecule has 0 unspecified atom stereocenters. The molecule has 160 valence electrons. The van der Waals surface area contributed by atoms with Crippen molar-refractivity contribution in [2.75, 3.05) is 20.8 Å². The zero-order valence-corrected chi connectivity index (χ0v) is 17.9. The van der Waals surface area contributed by atoms with Gasteiger partial charge in [-0.3, -0.25) is 9.48 Å². The fourth-order valence-corrected chi connectivity index (χ4v) is 3.38. The number of aromatic nitrogens is 2. The number of carbonyl (C=O) groups is 1. The molecule has 3 rings (SSSR count). The molecule has 0 fully saturated rings. The molecule has 3 aromatic rings. The first-order chi connectivity index (χ1) is 14.3. The summed E-state index contributed by atoms with van der Waals surface area (Å²) in [6.07, 6.45) is -0.328. The smallest absolute Gasteiger partial charge is 0.269 e. The number of furan rings is 1. The van der Waals surface area contributed by atoms with Crippen LogP contribution in [0.1, 0.15) is 40.1 Å². The van der Waals surface area contributed by atoms with E-state index in [0.29, 0.717) is 41.6 Å². The third-order valence-corrected chi connectivity index (χ3v) is 4.94. The standard InChI is InChI=1S/C22H27N3O5/c1-13-10-16(14(2)30-13)20(26)8-9-23-22(27)19-12-18(24-25(19)3)17-11-15(28-4)6-7-21(17)29-5/h6-7,10-12,20,26H,8-9H2,1-5H3,(H,23,27)/t20-/m1/s1. The number of nitrogens with one attached hydrogen (secondary N) is 1. The summed E-state index contributed by atoms with van der Waals surface area (Å²) in [6, 6.07) is 8.93. The Morgan fingerprint density at radius 2 is 2.00 bits per heavy atom. The van der Waals surface area contributed by atoms with Gasteiger partial charge in [0.05, 0.1) is 26.0 Å². The van der Waals surface area contributed by atoms with E-state index < -0.39 is 6.10 Å². The molecule has 1 atom stereocenters. The molecule has 0 bridgehead atoms. The summed E-state index contributed by atoms with van der Waals surface area (Å²) in [6.45, 7) is 3.96. The van der Waals surface area contributed by atoms with Crippen LogP contribution in [0.5, 0.6) is 11.5 Å². The van der Waals surface area contributed by atoms with Crippen molar-refractivity contribution in [1.82, 2.24) is 15.1 Å². The van der Waals surface area contributed by atoms with Gasteiger partial charge in [0.25, 0.3) is 5.91 Å². The molecule has 2 aromatic heterocycles. The van der Waals surface area contributed by atoms with E-state index in [2.05, 4.69) is 10.4 Å². The van der Waals surface area contributed by atoms with E-state index >= 15 is 0 Å². The summed E-state index contributed by atoms with van der Waals surface area (Å²) in [5.41, 5.74) is 2.48. The Balaban J connectivity index is 1.69. The Morgan fingerprint density at radius 3 is 2.63 bits per heavy atom. The van der Waals surface area contributed by atoms with Crippen LogP contribution in [0.4, 0.5) is 0 Å². The second-order valence-electron chi connectivity index (χ2n) is 7.03. The molecule has 0 aliphatic rings. The SMILES string of the molecule is COc1ccc(OC)c(-c2cc(C(=O)NCC[C@@H](O)c3cc(C)oc3C)n(C)n2)c1. The van der Waals surface area contributed by atoms with Crippen molar-refractivity contribution in [2.45, 2.75) is 26.4 Å². The van der Waals surface area contributed by atoms with Crippen molar-refractivity contribution in [3.05, 3.63) is 53.1 Å². The van der Waals surface area contributed by atoms with Crippen LogP contribution in [0.15, 0.2) is 34.7 Å². The molecule has 0 saturated heterocycles. The first-order valence-corrected chi connectivity index (χ1v) is 9.63. The number of aryl methyl sites for hydroxylation is 3. The number of amides is 1. The van der Waals surface area contributed by atoms with Gasteiger partial charge in [-0.25, -0.2) is 0 Å². The zero-order valence-electron chi connectivity index (χ0n) is 17.9. The molecule has 2 heterocycles. The molecule has 0 spiro atoms. The lowest BCUT2D eigenvalue weighted by Gasteiger charge is -2.10. The van der Waals surface area contributed by atoms with Crippen LogP contribution in [0.2, 0.25) is 0 Å². The summed E-state index contributed by atoms with van der Waals surface area (Å²) >= 11 is 0. The van der Waals surface area contributed by atoms with Crippen molar-refractivity contribution in [2.24, 2.45) is 7.05 Å². The number of aliphatic hydroxyl groups is 1. The molecule has 0 radical (unpaired) electrons. The summed E-state index contributed by atoms with van der Waals surface area (Å²) < 4.78 is 17.7. The van der Waals surface area contributed by atoms with Gasteiger partial charge in [0.2, 0.25) is 0 Å². The van der Waals surface area contributed by atoms with Crippen LogP contribution < -0.4 is 14.8 Å². The number of hydrogen-bond acceptors (Lipinski definition) is 6. The number of rotatable bonds is 8. The lowest BCUT2D eigenvalue weighted by atomic mass is 10.1. The lowest BCUT2D eigenvalue weighted by Crippen LogP contribution is -2.27.